The minimum Gasteiger partial charge on any atom is -0.381 e. The SMILES string of the molecule is CSc1ccc(NC2CN3CCC2CC3)cc1. The first kappa shape index (κ1) is 11.4. The van der Waals surface area contributed by atoms with Gasteiger partial charge in [0.2, 0.25) is 0 Å². The lowest BCUT2D eigenvalue weighted by Gasteiger charge is -2.45. The van der Waals surface area contributed by atoms with Gasteiger partial charge in [-0.1, -0.05) is 0 Å². The molecule has 3 heterocycles. The number of benzene rings is 1. The summed E-state index contributed by atoms with van der Waals surface area (Å²) in [5.74, 6) is 0.889. The molecule has 3 fully saturated rings. The molecule has 3 aliphatic heterocycles. The predicted octanol–water partition coefficient (Wildman–Crippen LogP) is 2.91. The Balaban J connectivity index is 1.66. The number of thioether (sulfide) groups is 1. The monoisotopic (exact) mass is 248 g/mol. The molecule has 0 saturated carbocycles. The summed E-state index contributed by atoms with van der Waals surface area (Å²) < 4.78 is 0. The molecule has 1 aromatic carbocycles. The van der Waals surface area contributed by atoms with Crippen LogP contribution in [0.2, 0.25) is 0 Å². The fraction of sp³-hybridized carbons (Fsp3) is 0.571. The molecule has 0 amide bonds. The highest BCUT2D eigenvalue weighted by Gasteiger charge is 2.33. The van der Waals surface area contributed by atoms with Crippen molar-refractivity contribution in [1.29, 1.82) is 0 Å². The summed E-state index contributed by atoms with van der Waals surface area (Å²) in [5.41, 5.74) is 1.28. The molecule has 2 nitrogen and oxygen atoms in total. The summed E-state index contributed by atoms with van der Waals surface area (Å²) >= 11 is 1.80. The van der Waals surface area contributed by atoms with E-state index in [2.05, 4.69) is 40.7 Å². The normalized spacial score (nSPS) is 31.5. The average Bonchev–Trinajstić information content (AvgIpc) is 2.41. The Labute approximate surface area is 108 Å². The molecule has 1 aromatic rings. The zero-order valence-electron chi connectivity index (χ0n) is 10.4. The number of hydrogen-bond donors (Lipinski definition) is 1. The zero-order valence-corrected chi connectivity index (χ0v) is 11.2. The van der Waals surface area contributed by atoms with E-state index in [1.54, 1.807) is 11.8 Å². The fourth-order valence-corrected chi connectivity index (χ4v) is 3.44. The molecule has 3 aliphatic rings. The smallest absolute Gasteiger partial charge is 0.0417 e. The number of nitrogens with zero attached hydrogens (tertiary/aromatic N) is 1. The molecular formula is C14H20N2S. The van der Waals surface area contributed by atoms with Crippen molar-refractivity contribution in [3.05, 3.63) is 24.3 Å². The van der Waals surface area contributed by atoms with E-state index in [1.165, 1.54) is 43.1 Å². The van der Waals surface area contributed by atoms with Crippen molar-refractivity contribution < 1.29 is 0 Å². The van der Waals surface area contributed by atoms with E-state index in [-0.39, 0.29) is 0 Å². The van der Waals surface area contributed by atoms with Gasteiger partial charge in [-0.15, -0.1) is 11.8 Å². The molecular weight excluding hydrogens is 228 g/mol. The maximum Gasteiger partial charge on any atom is 0.0417 e. The van der Waals surface area contributed by atoms with Crippen molar-refractivity contribution >= 4 is 17.4 Å². The van der Waals surface area contributed by atoms with Crippen LogP contribution in [0.5, 0.6) is 0 Å². The Bertz CT molecular complexity index is 368. The molecule has 1 atom stereocenters. The van der Waals surface area contributed by atoms with Crippen molar-refractivity contribution in [3.8, 4) is 0 Å². The Hall–Kier alpha value is -0.670. The van der Waals surface area contributed by atoms with Gasteiger partial charge in [-0.25, -0.2) is 0 Å². The summed E-state index contributed by atoms with van der Waals surface area (Å²) in [6, 6.07) is 9.49. The van der Waals surface area contributed by atoms with Gasteiger partial charge in [-0.3, -0.25) is 0 Å². The lowest BCUT2D eigenvalue weighted by Crippen LogP contribution is -2.53. The third-order valence-electron chi connectivity index (χ3n) is 4.10. The summed E-state index contributed by atoms with van der Waals surface area (Å²) in [6.45, 7) is 3.86. The Morgan fingerprint density at radius 3 is 2.41 bits per heavy atom. The Morgan fingerprint density at radius 1 is 1.18 bits per heavy atom. The van der Waals surface area contributed by atoms with E-state index in [0.717, 1.165) is 5.92 Å². The number of piperidine rings is 3. The average molecular weight is 248 g/mol. The van der Waals surface area contributed by atoms with Crippen LogP contribution in [-0.4, -0.2) is 36.8 Å². The highest BCUT2D eigenvalue weighted by Crippen LogP contribution is 2.30. The van der Waals surface area contributed by atoms with E-state index in [0.29, 0.717) is 6.04 Å². The molecule has 0 aliphatic carbocycles. The molecule has 17 heavy (non-hydrogen) atoms. The van der Waals surface area contributed by atoms with Gasteiger partial charge >= 0.3 is 0 Å². The molecule has 3 heteroatoms. The molecule has 1 N–H and O–H groups in total. The summed E-state index contributed by atoms with van der Waals surface area (Å²) in [4.78, 5) is 3.93. The van der Waals surface area contributed by atoms with Crippen molar-refractivity contribution in [2.75, 3.05) is 31.2 Å². The van der Waals surface area contributed by atoms with Crippen LogP contribution in [0.3, 0.4) is 0 Å². The highest BCUT2D eigenvalue weighted by atomic mass is 32.2. The van der Waals surface area contributed by atoms with Crippen LogP contribution in [0.25, 0.3) is 0 Å². The third-order valence-corrected chi connectivity index (χ3v) is 4.84. The fourth-order valence-electron chi connectivity index (χ4n) is 3.03. The second-order valence-electron chi connectivity index (χ2n) is 5.12. The van der Waals surface area contributed by atoms with Gasteiger partial charge in [0, 0.05) is 23.2 Å². The quantitative estimate of drug-likeness (QED) is 0.828. The maximum absolute atomic E-state index is 3.71. The minimum absolute atomic E-state index is 0.664. The van der Waals surface area contributed by atoms with E-state index in [9.17, 15) is 0 Å². The topological polar surface area (TPSA) is 15.3 Å². The number of nitrogens with one attached hydrogen (secondary N) is 1. The van der Waals surface area contributed by atoms with Crippen LogP contribution in [-0.2, 0) is 0 Å². The van der Waals surface area contributed by atoms with Crippen LogP contribution in [0, 0.1) is 5.92 Å². The zero-order chi connectivity index (χ0) is 11.7. The molecule has 92 valence electrons. The Morgan fingerprint density at radius 2 is 1.88 bits per heavy atom. The van der Waals surface area contributed by atoms with E-state index >= 15 is 0 Å². The molecule has 3 saturated heterocycles. The first-order valence-electron chi connectivity index (χ1n) is 6.48. The van der Waals surface area contributed by atoms with Crippen molar-refractivity contribution in [3.63, 3.8) is 0 Å². The molecule has 2 bridgehead atoms. The number of anilines is 1. The van der Waals surface area contributed by atoms with Gasteiger partial charge in [-0.05, 0) is 62.4 Å². The highest BCUT2D eigenvalue weighted by molar-refractivity contribution is 7.98. The van der Waals surface area contributed by atoms with Crippen LogP contribution in [0.15, 0.2) is 29.2 Å². The first-order chi connectivity index (χ1) is 8.35. The van der Waals surface area contributed by atoms with Crippen molar-refractivity contribution in [1.82, 2.24) is 4.90 Å². The van der Waals surface area contributed by atoms with Crippen LogP contribution < -0.4 is 5.32 Å². The third kappa shape index (κ3) is 2.45. The van der Waals surface area contributed by atoms with Gasteiger partial charge < -0.3 is 10.2 Å². The van der Waals surface area contributed by atoms with Gasteiger partial charge in [0.1, 0.15) is 0 Å². The summed E-state index contributed by atoms with van der Waals surface area (Å²) in [7, 11) is 0. The van der Waals surface area contributed by atoms with Gasteiger partial charge in [0.15, 0.2) is 0 Å². The second-order valence-corrected chi connectivity index (χ2v) is 6.00. The molecule has 0 radical (unpaired) electrons. The van der Waals surface area contributed by atoms with E-state index < -0.39 is 0 Å². The van der Waals surface area contributed by atoms with Crippen LogP contribution in [0.1, 0.15) is 12.8 Å². The first-order valence-corrected chi connectivity index (χ1v) is 7.70. The Kier molecular flexibility index (Phi) is 3.30. The maximum atomic E-state index is 3.71. The molecule has 0 spiro atoms. The standard InChI is InChI=1S/C14H20N2S/c1-17-13-4-2-12(3-5-13)15-14-10-16-8-6-11(14)7-9-16/h2-5,11,14-15H,6-10H2,1H3. The number of rotatable bonds is 3. The van der Waals surface area contributed by atoms with Crippen molar-refractivity contribution in [2.45, 2.75) is 23.8 Å². The predicted molar refractivity (Wildman–Crippen MR) is 74.8 cm³/mol. The number of fused-ring (bicyclic) bond motifs is 3. The largest absolute Gasteiger partial charge is 0.381 e. The lowest BCUT2D eigenvalue weighted by atomic mass is 9.84. The van der Waals surface area contributed by atoms with Gasteiger partial charge in [0.05, 0.1) is 0 Å². The molecule has 4 rings (SSSR count). The van der Waals surface area contributed by atoms with Crippen LogP contribution >= 0.6 is 11.8 Å². The second kappa shape index (κ2) is 4.91. The summed E-state index contributed by atoms with van der Waals surface area (Å²) in [6.07, 6.45) is 4.87. The van der Waals surface area contributed by atoms with Crippen LogP contribution in [0.4, 0.5) is 5.69 Å². The van der Waals surface area contributed by atoms with E-state index in [1.807, 2.05) is 0 Å². The summed E-state index contributed by atoms with van der Waals surface area (Å²) in [5, 5.41) is 3.71. The van der Waals surface area contributed by atoms with Gasteiger partial charge in [-0.2, -0.15) is 0 Å². The van der Waals surface area contributed by atoms with Gasteiger partial charge in [0.25, 0.3) is 0 Å². The lowest BCUT2D eigenvalue weighted by molar-refractivity contribution is 0.0975. The van der Waals surface area contributed by atoms with Crippen molar-refractivity contribution in [2.24, 2.45) is 5.92 Å². The minimum atomic E-state index is 0.664. The molecule has 0 aromatic heterocycles. The van der Waals surface area contributed by atoms with E-state index in [4.69, 9.17) is 0 Å². The molecule has 1 unspecified atom stereocenters. The number of hydrogen-bond acceptors (Lipinski definition) is 3.